The highest BCUT2D eigenvalue weighted by atomic mass is 16.6. The van der Waals surface area contributed by atoms with Crippen LogP contribution in [0.3, 0.4) is 0 Å². The molecule has 0 fully saturated rings. The largest absolute Gasteiger partial charge is 0.377 e. The topological polar surface area (TPSA) is 146 Å². The molecule has 1 amide bonds. The van der Waals surface area contributed by atoms with Gasteiger partial charge in [-0.2, -0.15) is 0 Å². The molecule has 0 radical (unpaired) electrons. The summed E-state index contributed by atoms with van der Waals surface area (Å²) < 4.78 is 0. The molecule has 32 heavy (non-hydrogen) atoms. The highest BCUT2D eigenvalue weighted by molar-refractivity contribution is 5.94. The maximum atomic E-state index is 12.3. The fourth-order valence-electron chi connectivity index (χ4n) is 3.62. The Morgan fingerprint density at radius 2 is 1.88 bits per heavy atom. The van der Waals surface area contributed by atoms with Gasteiger partial charge in [-0.15, -0.1) is 0 Å². The maximum absolute atomic E-state index is 12.3. The van der Waals surface area contributed by atoms with E-state index in [1.165, 1.54) is 6.07 Å². The van der Waals surface area contributed by atoms with Gasteiger partial charge in [-0.3, -0.25) is 20.8 Å². The molecule has 0 aliphatic heterocycles. The van der Waals surface area contributed by atoms with Gasteiger partial charge >= 0.3 is 0 Å². The fraction of sp³-hybridized carbons (Fsp3) is 0.348. The molecule has 3 rings (SSSR count). The number of nitro groups is 1. The zero-order valence-electron chi connectivity index (χ0n) is 17.8. The lowest BCUT2D eigenvalue weighted by Gasteiger charge is -2.08. The zero-order valence-corrected chi connectivity index (χ0v) is 17.8. The third kappa shape index (κ3) is 6.36. The fourth-order valence-corrected chi connectivity index (χ4v) is 3.62. The first-order valence-corrected chi connectivity index (χ1v) is 10.7. The maximum Gasteiger partial charge on any atom is 0.270 e. The van der Waals surface area contributed by atoms with E-state index in [2.05, 4.69) is 15.7 Å². The minimum absolute atomic E-state index is 0.0653. The van der Waals surface area contributed by atoms with Crippen LogP contribution in [0.4, 0.5) is 5.69 Å². The van der Waals surface area contributed by atoms with Crippen molar-refractivity contribution < 1.29 is 14.8 Å². The molecular weight excluding hydrogens is 410 g/mol. The van der Waals surface area contributed by atoms with Crippen molar-refractivity contribution in [3.8, 4) is 0 Å². The van der Waals surface area contributed by atoms with E-state index < -0.39 is 11.2 Å². The average molecular weight is 440 g/mol. The summed E-state index contributed by atoms with van der Waals surface area (Å²) in [6, 6.07) is 12.2. The van der Waals surface area contributed by atoms with Gasteiger partial charge in [-0.25, -0.2) is 5.43 Å². The molecule has 6 N–H and O–H groups in total. The lowest BCUT2D eigenvalue weighted by atomic mass is 10.0. The van der Waals surface area contributed by atoms with E-state index in [1.807, 2.05) is 18.3 Å². The number of carbonyl (C=O) groups is 1. The summed E-state index contributed by atoms with van der Waals surface area (Å²) in [5, 5.41) is 24.1. The van der Waals surface area contributed by atoms with Crippen molar-refractivity contribution in [1.29, 1.82) is 0 Å². The van der Waals surface area contributed by atoms with Crippen LogP contribution in [0.15, 0.2) is 48.7 Å². The van der Waals surface area contributed by atoms with Gasteiger partial charge in [0, 0.05) is 41.3 Å². The van der Waals surface area contributed by atoms with E-state index >= 15 is 0 Å². The van der Waals surface area contributed by atoms with Gasteiger partial charge in [-0.1, -0.05) is 25.0 Å². The van der Waals surface area contributed by atoms with Crippen molar-refractivity contribution in [2.24, 2.45) is 5.84 Å². The Balaban J connectivity index is 1.48. The van der Waals surface area contributed by atoms with Crippen LogP contribution in [0.2, 0.25) is 0 Å². The van der Waals surface area contributed by atoms with E-state index in [1.54, 1.807) is 24.3 Å². The van der Waals surface area contributed by atoms with Crippen molar-refractivity contribution in [1.82, 2.24) is 15.7 Å². The number of hydrogen-bond acceptors (Lipinski definition) is 6. The quantitative estimate of drug-likeness (QED) is 0.0963. The number of benzene rings is 2. The number of nitrogens with one attached hydrogen (secondary N) is 3. The number of non-ortho nitro benzene ring substituents is 1. The molecule has 9 heteroatoms. The first-order valence-electron chi connectivity index (χ1n) is 10.7. The number of hydrazine groups is 1. The second-order valence-electron chi connectivity index (χ2n) is 7.82. The summed E-state index contributed by atoms with van der Waals surface area (Å²) >= 11 is 0. The molecule has 1 unspecified atom stereocenters. The molecule has 1 heterocycles. The standard InChI is InChI=1S/C23H29N5O4/c24-27-22(29)5-3-1-2-4-12-25-23(30)17-8-6-16(7-9-17)13-18-15-26-21-11-10-19(28(31)32)14-20(18)21/h6-11,14-15,22,26-27,29H,1-5,12-13,24H2,(H,25,30). The Labute approximate surface area is 186 Å². The zero-order chi connectivity index (χ0) is 22.9. The molecule has 3 aromatic rings. The smallest absolute Gasteiger partial charge is 0.270 e. The molecule has 0 bridgehead atoms. The molecule has 0 saturated carbocycles. The van der Waals surface area contributed by atoms with Crippen LogP contribution < -0.4 is 16.6 Å². The number of hydrogen-bond donors (Lipinski definition) is 5. The second kappa shape index (κ2) is 11.4. The van der Waals surface area contributed by atoms with Crippen LogP contribution in [0.25, 0.3) is 10.9 Å². The number of H-pyrrole nitrogens is 1. The van der Waals surface area contributed by atoms with Crippen LogP contribution in [0.1, 0.15) is 53.6 Å². The highest BCUT2D eigenvalue weighted by Gasteiger charge is 2.11. The normalized spacial score (nSPS) is 12.1. The Morgan fingerprint density at radius 3 is 2.59 bits per heavy atom. The molecule has 0 spiro atoms. The molecule has 2 aromatic carbocycles. The minimum atomic E-state index is -0.660. The van der Waals surface area contributed by atoms with E-state index in [4.69, 9.17) is 5.84 Å². The number of nitro benzene ring substituents is 1. The predicted molar refractivity (Wildman–Crippen MR) is 123 cm³/mol. The van der Waals surface area contributed by atoms with Crippen molar-refractivity contribution in [3.05, 3.63) is 75.5 Å². The summed E-state index contributed by atoms with van der Waals surface area (Å²) in [5.41, 5.74) is 5.81. The molecule has 170 valence electrons. The summed E-state index contributed by atoms with van der Waals surface area (Å²) in [5.74, 6) is 5.02. The number of aliphatic hydroxyl groups is 1. The summed E-state index contributed by atoms with van der Waals surface area (Å²) in [6.07, 6.45) is 6.13. The van der Waals surface area contributed by atoms with Crippen LogP contribution in [0.5, 0.6) is 0 Å². The number of nitrogens with two attached hydrogens (primary N) is 1. The number of aromatic amines is 1. The third-order valence-electron chi connectivity index (χ3n) is 5.45. The lowest BCUT2D eigenvalue weighted by Crippen LogP contribution is -2.34. The van der Waals surface area contributed by atoms with Crippen molar-refractivity contribution >= 4 is 22.5 Å². The van der Waals surface area contributed by atoms with Crippen LogP contribution in [-0.2, 0) is 6.42 Å². The van der Waals surface area contributed by atoms with E-state index in [0.29, 0.717) is 24.9 Å². The Hall–Kier alpha value is -3.27. The monoisotopic (exact) mass is 439 g/mol. The summed E-state index contributed by atoms with van der Waals surface area (Å²) in [7, 11) is 0. The van der Waals surface area contributed by atoms with E-state index in [9.17, 15) is 20.0 Å². The lowest BCUT2D eigenvalue weighted by molar-refractivity contribution is -0.384. The van der Waals surface area contributed by atoms with E-state index in [-0.39, 0.29) is 11.6 Å². The van der Waals surface area contributed by atoms with Gasteiger partial charge in [0.05, 0.1) is 4.92 Å². The first-order chi connectivity index (χ1) is 15.5. The number of aliphatic hydroxyl groups excluding tert-OH is 1. The van der Waals surface area contributed by atoms with Crippen molar-refractivity contribution in [2.75, 3.05) is 6.54 Å². The minimum Gasteiger partial charge on any atom is -0.377 e. The van der Waals surface area contributed by atoms with E-state index in [0.717, 1.165) is 47.7 Å². The highest BCUT2D eigenvalue weighted by Crippen LogP contribution is 2.25. The van der Waals surface area contributed by atoms with Gasteiger partial charge in [0.25, 0.3) is 11.6 Å². The number of carbonyl (C=O) groups excluding carboxylic acids is 1. The SMILES string of the molecule is NNC(O)CCCCCCNC(=O)c1ccc(Cc2c[nH]c3ccc([N+](=O)[O-])cc23)cc1. The predicted octanol–water partition coefficient (Wildman–Crippen LogP) is 3.13. The number of aromatic nitrogens is 1. The third-order valence-corrected chi connectivity index (χ3v) is 5.45. The molecule has 1 atom stereocenters. The van der Waals surface area contributed by atoms with Gasteiger partial charge < -0.3 is 15.4 Å². The average Bonchev–Trinajstić information content (AvgIpc) is 3.20. The Kier molecular flexibility index (Phi) is 8.32. The Bertz CT molecular complexity index is 1050. The molecule has 0 aliphatic rings. The number of rotatable bonds is 12. The van der Waals surface area contributed by atoms with Gasteiger partial charge in [0.2, 0.25) is 0 Å². The number of fused-ring (bicyclic) bond motifs is 1. The number of unbranched alkanes of at least 4 members (excludes halogenated alkanes) is 3. The van der Waals surface area contributed by atoms with Gasteiger partial charge in [0.1, 0.15) is 6.23 Å². The van der Waals surface area contributed by atoms with Gasteiger partial charge in [0.15, 0.2) is 0 Å². The van der Waals surface area contributed by atoms with Crippen LogP contribution >= 0.6 is 0 Å². The Morgan fingerprint density at radius 1 is 1.12 bits per heavy atom. The number of amides is 1. The molecule has 1 aromatic heterocycles. The van der Waals surface area contributed by atoms with Gasteiger partial charge in [-0.05, 0) is 55.0 Å². The number of nitrogens with zero attached hydrogens (tertiary/aromatic N) is 1. The van der Waals surface area contributed by atoms with Crippen molar-refractivity contribution in [3.63, 3.8) is 0 Å². The van der Waals surface area contributed by atoms with Crippen LogP contribution in [-0.4, -0.2) is 33.7 Å². The molecule has 0 saturated heterocycles. The summed E-state index contributed by atoms with van der Waals surface area (Å²) in [6.45, 7) is 0.604. The second-order valence-corrected chi connectivity index (χ2v) is 7.82. The molecular formula is C23H29N5O4. The van der Waals surface area contributed by atoms with Crippen LogP contribution in [0, 0.1) is 10.1 Å². The van der Waals surface area contributed by atoms with Crippen molar-refractivity contribution in [2.45, 2.75) is 44.8 Å². The molecule has 9 nitrogen and oxygen atoms in total. The summed E-state index contributed by atoms with van der Waals surface area (Å²) in [4.78, 5) is 26.1. The first kappa shape index (κ1) is 23.4. The molecule has 0 aliphatic carbocycles.